The van der Waals surface area contributed by atoms with Crippen LogP contribution < -0.4 is 10.6 Å². The van der Waals surface area contributed by atoms with Gasteiger partial charge in [-0.05, 0) is 50.6 Å². The Hall–Kier alpha value is -1.59. The molecule has 1 aromatic rings. The standard InChI is InChI=1S/C19H30N4O/c1-3-21-10-12-22(13-11-21)18-6-4-16(5-7-18)19(24)23-9-8-17(20)14-15(23)2/h4-7,15,17H,3,8-14,20H2,1-2H3/t15-,17-/m0/s1. The Labute approximate surface area is 145 Å². The lowest BCUT2D eigenvalue weighted by Gasteiger charge is -2.37. The molecule has 0 bridgehead atoms. The molecule has 2 heterocycles. The van der Waals surface area contributed by atoms with Crippen LogP contribution in [0.4, 0.5) is 5.69 Å². The van der Waals surface area contributed by atoms with Crippen molar-refractivity contribution in [3.63, 3.8) is 0 Å². The normalized spacial score (nSPS) is 25.8. The summed E-state index contributed by atoms with van der Waals surface area (Å²) in [5, 5.41) is 0. The van der Waals surface area contributed by atoms with E-state index in [2.05, 4.69) is 35.8 Å². The zero-order valence-corrected chi connectivity index (χ0v) is 14.9. The minimum Gasteiger partial charge on any atom is -0.369 e. The van der Waals surface area contributed by atoms with Crippen molar-refractivity contribution in [2.45, 2.75) is 38.8 Å². The first-order chi connectivity index (χ1) is 11.6. The van der Waals surface area contributed by atoms with Gasteiger partial charge in [-0.1, -0.05) is 6.92 Å². The van der Waals surface area contributed by atoms with E-state index in [1.54, 1.807) is 0 Å². The van der Waals surface area contributed by atoms with Crippen LogP contribution in [0.3, 0.4) is 0 Å². The molecule has 2 N–H and O–H groups in total. The third kappa shape index (κ3) is 3.73. The van der Waals surface area contributed by atoms with E-state index in [9.17, 15) is 4.79 Å². The highest BCUT2D eigenvalue weighted by Crippen LogP contribution is 2.21. The first-order valence-corrected chi connectivity index (χ1v) is 9.22. The number of benzene rings is 1. The number of rotatable bonds is 3. The van der Waals surface area contributed by atoms with Crippen LogP contribution >= 0.6 is 0 Å². The molecule has 2 saturated heterocycles. The first kappa shape index (κ1) is 17.2. The van der Waals surface area contributed by atoms with E-state index >= 15 is 0 Å². The number of carbonyl (C=O) groups excluding carboxylic acids is 1. The fourth-order valence-corrected chi connectivity index (χ4v) is 3.81. The van der Waals surface area contributed by atoms with Gasteiger partial charge in [0.2, 0.25) is 0 Å². The second-order valence-corrected chi connectivity index (χ2v) is 7.10. The zero-order valence-electron chi connectivity index (χ0n) is 14.9. The summed E-state index contributed by atoms with van der Waals surface area (Å²) in [5.74, 6) is 0.136. The zero-order chi connectivity index (χ0) is 17.1. The summed E-state index contributed by atoms with van der Waals surface area (Å²) in [6.45, 7) is 10.5. The lowest BCUT2D eigenvalue weighted by Crippen LogP contribution is -2.48. The summed E-state index contributed by atoms with van der Waals surface area (Å²) < 4.78 is 0. The van der Waals surface area contributed by atoms with Crippen LogP contribution in [0.15, 0.2) is 24.3 Å². The molecule has 0 unspecified atom stereocenters. The highest BCUT2D eigenvalue weighted by Gasteiger charge is 2.27. The number of hydrogen-bond acceptors (Lipinski definition) is 4. The van der Waals surface area contributed by atoms with Crippen molar-refractivity contribution >= 4 is 11.6 Å². The number of carbonyl (C=O) groups is 1. The maximum absolute atomic E-state index is 12.8. The van der Waals surface area contributed by atoms with Gasteiger partial charge in [-0.25, -0.2) is 0 Å². The Bertz CT molecular complexity index is 551. The molecule has 3 rings (SSSR count). The van der Waals surface area contributed by atoms with Gasteiger partial charge in [0, 0.05) is 56.1 Å². The number of likely N-dealkylation sites (tertiary alicyclic amines) is 1. The molecule has 2 aliphatic rings. The summed E-state index contributed by atoms with van der Waals surface area (Å²) in [7, 11) is 0. The maximum Gasteiger partial charge on any atom is 0.254 e. The van der Waals surface area contributed by atoms with E-state index in [0.717, 1.165) is 57.7 Å². The molecule has 0 spiro atoms. The average molecular weight is 330 g/mol. The van der Waals surface area contributed by atoms with Crippen LogP contribution in [-0.4, -0.2) is 67.1 Å². The van der Waals surface area contributed by atoms with Crippen LogP contribution in [0, 0.1) is 0 Å². The van der Waals surface area contributed by atoms with E-state index in [4.69, 9.17) is 5.73 Å². The van der Waals surface area contributed by atoms with E-state index in [-0.39, 0.29) is 18.0 Å². The van der Waals surface area contributed by atoms with Gasteiger partial charge in [0.15, 0.2) is 0 Å². The Morgan fingerprint density at radius 1 is 1.12 bits per heavy atom. The first-order valence-electron chi connectivity index (χ1n) is 9.22. The van der Waals surface area contributed by atoms with Crippen molar-refractivity contribution in [2.24, 2.45) is 5.73 Å². The summed E-state index contributed by atoms with van der Waals surface area (Å²) in [4.78, 5) is 19.6. The van der Waals surface area contributed by atoms with E-state index in [0.29, 0.717) is 0 Å². The maximum atomic E-state index is 12.8. The molecule has 5 heteroatoms. The Kier molecular flexibility index (Phi) is 5.41. The topological polar surface area (TPSA) is 52.8 Å². The number of nitrogens with zero attached hydrogens (tertiary/aromatic N) is 3. The van der Waals surface area contributed by atoms with Gasteiger partial charge in [0.05, 0.1) is 0 Å². The van der Waals surface area contributed by atoms with Gasteiger partial charge in [-0.2, -0.15) is 0 Å². The molecule has 1 amide bonds. The van der Waals surface area contributed by atoms with Crippen LogP contribution in [0.2, 0.25) is 0 Å². The third-order valence-corrected chi connectivity index (χ3v) is 5.48. The molecule has 5 nitrogen and oxygen atoms in total. The number of piperidine rings is 1. The molecule has 2 atom stereocenters. The SMILES string of the molecule is CCN1CCN(c2ccc(C(=O)N3CC[C@H](N)C[C@@H]3C)cc2)CC1. The summed E-state index contributed by atoms with van der Waals surface area (Å²) in [6, 6.07) is 8.59. The predicted molar refractivity (Wildman–Crippen MR) is 98.5 cm³/mol. The highest BCUT2D eigenvalue weighted by molar-refractivity contribution is 5.94. The largest absolute Gasteiger partial charge is 0.369 e. The smallest absolute Gasteiger partial charge is 0.254 e. The monoisotopic (exact) mass is 330 g/mol. The average Bonchev–Trinajstić information content (AvgIpc) is 2.61. The molecule has 0 aromatic heterocycles. The summed E-state index contributed by atoms with van der Waals surface area (Å²) in [5.41, 5.74) is 8.01. The van der Waals surface area contributed by atoms with Crippen LogP contribution in [0.25, 0.3) is 0 Å². The predicted octanol–water partition coefficient (Wildman–Crippen LogP) is 1.78. The third-order valence-electron chi connectivity index (χ3n) is 5.48. The van der Waals surface area contributed by atoms with Crippen LogP contribution in [0.1, 0.15) is 37.0 Å². The van der Waals surface area contributed by atoms with Crippen molar-refractivity contribution in [1.82, 2.24) is 9.80 Å². The van der Waals surface area contributed by atoms with Crippen molar-refractivity contribution < 1.29 is 4.79 Å². The molecule has 2 aliphatic heterocycles. The lowest BCUT2D eigenvalue weighted by molar-refractivity contribution is 0.0619. The number of piperazine rings is 1. The molecule has 0 saturated carbocycles. The van der Waals surface area contributed by atoms with E-state index in [1.165, 1.54) is 5.69 Å². The van der Waals surface area contributed by atoms with Crippen LogP contribution in [0.5, 0.6) is 0 Å². The van der Waals surface area contributed by atoms with Gasteiger partial charge in [0.25, 0.3) is 5.91 Å². The Balaban J connectivity index is 1.63. The number of amides is 1. The Morgan fingerprint density at radius 3 is 2.38 bits per heavy atom. The molecular formula is C19H30N4O. The molecule has 1 aromatic carbocycles. The quantitative estimate of drug-likeness (QED) is 0.918. The van der Waals surface area contributed by atoms with Gasteiger partial charge in [-0.15, -0.1) is 0 Å². The second-order valence-electron chi connectivity index (χ2n) is 7.10. The van der Waals surface area contributed by atoms with Crippen molar-refractivity contribution in [1.29, 1.82) is 0 Å². The van der Waals surface area contributed by atoms with Gasteiger partial charge in [-0.3, -0.25) is 4.79 Å². The Morgan fingerprint density at radius 2 is 1.79 bits per heavy atom. The van der Waals surface area contributed by atoms with Gasteiger partial charge < -0.3 is 20.4 Å². The molecule has 2 fully saturated rings. The second kappa shape index (κ2) is 7.53. The van der Waals surface area contributed by atoms with Gasteiger partial charge in [0.1, 0.15) is 0 Å². The van der Waals surface area contributed by atoms with Crippen molar-refractivity contribution in [2.75, 3.05) is 44.2 Å². The molecule has 0 radical (unpaired) electrons. The number of nitrogens with two attached hydrogens (primary N) is 1. The highest BCUT2D eigenvalue weighted by atomic mass is 16.2. The molecule has 132 valence electrons. The molecule has 0 aliphatic carbocycles. The summed E-state index contributed by atoms with van der Waals surface area (Å²) >= 11 is 0. The number of anilines is 1. The molecule has 24 heavy (non-hydrogen) atoms. The van der Waals surface area contributed by atoms with E-state index < -0.39 is 0 Å². The molecular weight excluding hydrogens is 300 g/mol. The summed E-state index contributed by atoms with van der Waals surface area (Å²) in [6.07, 6.45) is 1.79. The minimum absolute atomic E-state index is 0.136. The fourth-order valence-electron chi connectivity index (χ4n) is 3.81. The fraction of sp³-hybridized carbons (Fsp3) is 0.632. The van der Waals surface area contributed by atoms with E-state index in [1.807, 2.05) is 17.0 Å². The van der Waals surface area contributed by atoms with Crippen molar-refractivity contribution in [3.8, 4) is 0 Å². The lowest BCUT2D eigenvalue weighted by atomic mass is 9.98. The van der Waals surface area contributed by atoms with Crippen molar-refractivity contribution in [3.05, 3.63) is 29.8 Å². The van der Waals surface area contributed by atoms with Gasteiger partial charge >= 0.3 is 0 Å². The minimum atomic E-state index is 0.136. The number of likely N-dealkylation sites (N-methyl/N-ethyl adjacent to an activating group) is 1. The van der Waals surface area contributed by atoms with Crippen LogP contribution in [-0.2, 0) is 0 Å². The number of hydrogen-bond donors (Lipinski definition) is 1.